The molecule has 13 heavy (non-hydrogen) atoms. The molecule has 76 valence electrons. The number of nitrogens with one attached hydrogen (secondary N) is 2. The molecule has 0 aromatic heterocycles. The van der Waals surface area contributed by atoms with E-state index in [2.05, 4.69) is 26.8 Å². The lowest BCUT2D eigenvalue weighted by molar-refractivity contribution is -0.133. The Morgan fingerprint density at radius 3 is 2.00 bits per heavy atom. The predicted octanol–water partition coefficient (Wildman–Crippen LogP) is 0.963. The quantitative estimate of drug-likeness (QED) is 0.538. The number of hydrogen-bond acceptors (Lipinski definition) is 2. The zero-order chi connectivity index (χ0) is 10.6. The molecule has 0 spiro atoms. The summed E-state index contributed by atoms with van der Waals surface area (Å²) in [7, 11) is 0. The maximum Gasteiger partial charge on any atom is 0.251 e. The van der Waals surface area contributed by atoms with E-state index >= 15 is 0 Å². The minimum absolute atomic E-state index is 0.214. The predicted molar refractivity (Wildman–Crippen MR) is 54.1 cm³/mol. The molecule has 0 saturated heterocycles. The third-order valence-corrected chi connectivity index (χ3v) is 1.76. The fourth-order valence-electron chi connectivity index (χ4n) is 0.405. The third kappa shape index (κ3) is 4.87. The number of halogens is 1. The molecule has 0 bridgehead atoms. The van der Waals surface area contributed by atoms with Crippen LogP contribution in [-0.2, 0) is 9.59 Å². The first-order valence-electron chi connectivity index (χ1n) is 3.99. The van der Waals surface area contributed by atoms with Crippen molar-refractivity contribution in [1.82, 2.24) is 10.9 Å². The van der Waals surface area contributed by atoms with Crippen LogP contribution in [0.15, 0.2) is 0 Å². The molecule has 4 nitrogen and oxygen atoms in total. The van der Waals surface area contributed by atoms with Crippen molar-refractivity contribution in [2.75, 3.05) is 0 Å². The first-order chi connectivity index (χ1) is 5.75. The SMILES string of the molecule is CC(Br)C(=O)NNC(=O)C(C)(C)C. The highest BCUT2D eigenvalue weighted by Gasteiger charge is 2.21. The fraction of sp³-hybridized carbons (Fsp3) is 0.750. The second-order valence-corrected chi connectivity index (χ2v) is 5.18. The first kappa shape index (κ1) is 12.4. The Labute approximate surface area is 86.6 Å². The van der Waals surface area contributed by atoms with Crippen molar-refractivity contribution in [2.24, 2.45) is 5.41 Å². The molecule has 0 rings (SSSR count). The van der Waals surface area contributed by atoms with Gasteiger partial charge in [-0.2, -0.15) is 0 Å². The fourth-order valence-corrected chi connectivity index (χ4v) is 0.520. The Morgan fingerprint density at radius 2 is 1.69 bits per heavy atom. The first-order valence-corrected chi connectivity index (χ1v) is 4.91. The van der Waals surface area contributed by atoms with Crippen molar-refractivity contribution in [1.29, 1.82) is 0 Å². The lowest BCUT2D eigenvalue weighted by Gasteiger charge is -2.18. The van der Waals surface area contributed by atoms with E-state index < -0.39 is 5.41 Å². The van der Waals surface area contributed by atoms with Crippen molar-refractivity contribution < 1.29 is 9.59 Å². The van der Waals surface area contributed by atoms with Crippen LogP contribution in [0.2, 0.25) is 0 Å². The van der Waals surface area contributed by atoms with E-state index in [1.807, 2.05) is 0 Å². The summed E-state index contributed by atoms with van der Waals surface area (Å²) < 4.78 is 0. The van der Waals surface area contributed by atoms with Crippen LogP contribution < -0.4 is 10.9 Å². The molecule has 0 aromatic carbocycles. The number of hydrogen-bond donors (Lipinski definition) is 2. The van der Waals surface area contributed by atoms with E-state index in [1.54, 1.807) is 27.7 Å². The Hall–Kier alpha value is -0.580. The van der Waals surface area contributed by atoms with Gasteiger partial charge in [-0.15, -0.1) is 0 Å². The summed E-state index contributed by atoms with van der Waals surface area (Å²) in [6, 6.07) is 0. The van der Waals surface area contributed by atoms with Gasteiger partial charge in [0.25, 0.3) is 5.91 Å². The normalized spacial score (nSPS) is 13.3. The molecular formula is C8H15BrN2O2. The van der Waals surface area contributed by atoms with Gasteiger partial charge in [-0.1, -0.05) is 36.7 Å². The highest BCUT2D eigenvalue weighted by molar-refractivity contribution is 9.10. The minimum atomic E-state index is -0.497. The van der Waals surface area contributed by atoms with Crippen LogP contribution in [0.25, 0.3) is 0 Å². The van der Waals surface area contributed by atoms with Crippen LogP contribution in [0.5, 0.6) is 0 Å². The molecule has 0 aromatic rings. The molecule has 2 N–H and O–H groups in total. The Kier molecular flexibility index (Phi) is 4.39. The molecule has 1 unspecified atom stereocenters. The highest BCUT2D eigenvalue weighted by atomic mass is 79.9. The van der Waals surface area contributed by atoms with Gasteiger partial charge in [-0.05, 0) is 6.92 Å². The van der Waals surface area contributed by atoms with Gasteiger partial charge in [-0.3, -0.25) is 20.4 Å². The molecule has 0 heterocycles. The molecule has 5 heteroatoms. The number of carbonyl (C=O) groups excluding carboxylic acids is 2. The second kappa shape index (κ2) is 4.60. The van der Waals surface area contributed by atoms with Crippen molar-refractivity contribution in [2.45, 2.75) is 32.5 Å². The number of amides is 2. The minimum Gasteiger partial charge on any atom is -0.273 e. The van der Waals surface area contributed by atoms with Gasteiger partial charge in [0.2, 0.25) is 5.91 Å². The van der Waals surface area contributed by atoms with Gasteiger partial charge in [0.15, 0.2) is 0 Å². The summed E-state index contributed by atoms with van der Waals surface area (Å²) >= 11 is 3.08. The van der Waals surface area contributed by atoms with Gasteiger partial charge in [-0.25, -0.2) is 0 Å². The van der Waals surface area contributed by atoms with Crippen LogP contribution in [0, 0.1) is 5.41 Å². The maximum absolute atomic E-state index is 11.3. The van der Waals surface area contributed by atoms with Crippen molar-refractivity contribution in [3.8, 4) is 0 Å². The smallest absolute Gasteiger partial charge is 0.251 e. The number of hydrazine groups is 1. The van der Waals surface area contributed by atoms with Crippen LogP contribution in [-0.4, -0.2) is 16.6 Å². The maximum atomic E-state index is 11.3. The number of alkyl halides is 1. The van der Waals surface area contributed by atoms with E-state index in [0.29, 0.717) is 0 Å². The largest absolute Gasteiger partial charge is 0.273 e. The molecule has 0 radical (unpaired) electrons. The standard InChI is InChI=1S/C8H15BrN2O2/c1-5(9)6(12)10-11-7(13)8(2,3)4/h5H,1-4H3,(H,10,12)(H,11,13). The highest BCUT2D eigenvalue weighted by Crippen LogP contribution is 2.11. The van der Waals surface area contributed by atoms with Crippen LogP contribution in [0.1, 0.15) is 27.7 Å². The van der Waals surface area contributed by atoms with Gasteiger partial charge < -0.3 is 0 Å². The molecule has 0 aliphatic carbocycles. The molecule has 1 atom stereocenters. The Morgan fingerprint density at radius 1 is 1.23 bits per heavy atom. The molecule has 0 aliphatic rings. The number of rotatable bonds is 1. The van der Waals surface area contributed by atoms with Gasteiger partial charge in [0.05, 0.1) is 4.83 Å². The molecular weight excluding hydrogens is 236 g/mol. The summed E-state index contributed by atoms with van der Waals surface area (Å²) in [4.78, 5) is 21.9. The van der Waals surface area contributed by atoms with E-state index in [0.717, 1.165) is 0 Å². The average Bonchev–Trinajstić information content (AvgIpc) is 1.97. The molecule has 0 aliphatic heterocycles. The second-order valence-electron chi connectivity index (χ2n) is 3.81. The summed E-state index contributed by atoms with van der Waals surface area (Å²) in [6.45, 7) is 6.99. The van der Waals surface area contributed by atoms with Gasteiger partial charge >= 0.3 is 0 Å². The summed E-state index contributed by atoms with van der Waals surface area (Å²) in [5.74, 6) is -0.480. The van der Waals surface area contributed by atoms with E-state index in [-0.39, 0.29) is 16.6 Å². The lowest BCUT2D eigenvalue weighted by Crippen LogP contribution is -2.48. The van der Waals surface area contributed by atoms with Crippen molar-refractivity contribution in [3.05, 3.63) is 0 Å². The zero-order valence-electron chi connectivity index (χ0n) is 8.27. The van der Waals surface area contributed by atoms with Crippen LogP contribution >= 0.6 is 15.9 Å². The van der Waals surface area contributed by atoms with E-state index in [1.165, 1.54) is 0 Å². The van der Waals surface area contributed by atoms with Gasteiger partial charge in [0.1, 0.15) is 0 Å². The Bertz CT molecular complexity index is 209. The summed E-state index contributed by atoms with van der Waals surface area (Å²) in [5, 5.41) is 0. The summed E-state index contributed by atoms with van der Waals surface area (Å²) in [6.07, 6.45) is 0. The van der Waals surface area contributed by atoms with E-state index in [4.69, 9.17) is 0 Å². The number of carbonyl (C=O) groups is 2. The average molecular weight is 251 g/mol. The van der Waals surface area contributed by atoms with Gasteiger partial charge in [0, 0.05) is 5.41 Å². The van der Waals surface area contributed by atoms with E-state index in [9.17, 15) is 9.59 Å². The van der Waals surface area contributed by atoms with Crippen LogP contribution in [0.3, 0.4) is 0 Å². The summed E-state index contributed by atoms with van der Waals surface area (Å²) in [5.41, 5.74) is 4.14. The monoisotopic (exact) mass is 250 g/mol. The Balaban J connectivity index is 3.92. The molecule has 2 amide bonds. The van der Waals surface area contributed by atoms with Crippen molar-refractivity contribution in [3.63, 3.8) is 0 Å². The zero-order valence-corrected chi connectivity index (χ0v) is 9.86. The van der Waals surface area contributed by atoms with Crippen LogP contribution in [0.4, 0.5) is 0 Å². The van der Waals surface area contributed by atoms with Crippen molar-refractivity contribution >= 4 is 27.7 Å². The molecule has 0 fully saturated rings. The topological polar surface area (TPSA) is 58.2 Å². The lowest BCUT2D eigenvalue weighted by atomic mass is 9.96. The third-order valence-electron chi connectivity index (χ3n) is 1.34. The molecule has 0 saturated carbocycles.